The number of halogens is 3. The second kappa shape index (κ2) is 8.95. The molecule has 0 aliphatic carbocycles. The molecule has 0 fully saturated rings. The number of hydrogen-bond donors (Lipinski definition) is 0. The maximum absolute atomic E-state index is 2.24. The largest absolute Gasteiger partial charge is 0.269 e. The van der Waals surface area contributed by atoms with Gasteiger partial charge < -0.3 is 0 Å². The Hall–Kier alpha value is -2.33. The van der Waals surface area contributed by atoms with Crippen molar-refractivity contribution < 1.29 is 14.1 Å². The smallest absolute Gasteiger partial charge is 0.0282 e. The summed E-state index contributed by atoms with van der Waals surface area (Å²) in [5.74, 6) is 0. The summed E-state index contributed by atoms with van der Waals surface area (Å²) in [4.78, 5) is 0. The maximum atomic E-state index is 2.24. The summed E-state index contributed by atoms with van der Waals surface area (Å²) in [6, 6.07) is 32.5. The first-order valence-electron chi connectivity index (χ1n) is 6.98. The van der Waals surface area contributed by atoms with Gasteiger partial charge in [-0.1, -0.05) is 91.0 Å². The highest BCUT2D eigenvalue weighted by Gasteiger charge is 2.30. The second-order valence-electron chi connectivity index (χ2n) is 5.22. The van der Waals surface area contributed by atoms with E-state index < -0.39 is 0 Å². The lowest BCUT2D eigenvalue weighted by atomic mass is 9.84. The molecule has 0 aromatic heterocycles. The van der Waals surface area contributed by atoms with Gasteiger partial charge in [0.2, 0.25) is 0 Å². The minimum Gasteiger partial charge on any atom is -0.269 e. The van der Waals surface area contributed by atoms with Crippen molar-refractivity contribution in [3.8, 4) is 0 Å². The Balaban J connectivity index is 0.00000161. The Labute approximate surface area is 137 Å². The van der Waals surface area contributed by atoms with Crippen LogP contribution in [0.1, 0.15) is 16.7 Å². The number of rotatable bonds is 3. The van der Waals surface area contributed by atoms with Crippen molar-refractivity contribution in [1.82, 2.24) is 0 Å². The molecule has 3 rings (SSSR count). The van der Waals surface area contributed by atoms with E-state index in [2.05, 4.69) is 91.0 Å². The van der Waals surface area contributed by atoms with Crippen molar-refractivity contribution in [2.45, 2.75) is 5.04 Å². The van der Waals surface area contributed by atoms with E-state index in [1.807, 2.05) is 0 Å². The molecule has 0 unspecified atom stereocenters. The zero-order chi connectivity index (χ0) is 13.8. The molecule has 0 nitrogen and oxygen atoms in total. The Morgan fingerprint density at radius 2 is 0.652 bits per heavy atom. The van der Waals surface area contributed by atoms with Crippen molar-refractivity contribution in [3.05, 3.63) is 108 Å². The lowest BCUT2D eigenvalue weighted by molar-refractivity contribution is 0.877. The summed E-state index contributed by atoms with van der Waals surface area (Å²) in [6.45, 7) is 0. The van der Waals surface area contributed by atoms with Crippen LogP contribution in [0, 0.1) is 0 Å². The molecule has 3 aromatic rings. The topological polar surface area (TPSA) is 0 Å². The summed E-state index contributed by atoms with van der Waals surface area (Å²) in [7, 11) is 1.03. The van der Waals surface area contributed by atoms with E-state index in [1.54, 1.807) is 0 Å². The summed E-state index contributed by atoms with van der Waals surface area (Å²) in [6.07, 6.45) is 0. The molecule has 0 spiro atoms. The minimum atomic E-state index is 0. The van der Waals surface area contributed by atoms with Gasteiger partial charge in [-0.3, -0.25) is 14.1 Å². The van der Waals surface area contributed by atoms with E-state index in [1.165, 1.54) is 16.7 Å². The molecule has 0 amide bonds. The molecule has 4 heteroatoms. The van der Waals surface area contributed by atoms with Gasteiger partial charge in [0.15, 0.2) is 0 Å². The molecule has 0 N–H and O–H groups in total. The van der Waals surface area contributed by atoms with Crippen molar-refractivity contribution >= 4 is 10.2 Å². The lowest BCUT2D eigenvalue weighted by Gasteiger charge is -2.32. The molecular weight excluding hydrogens is 313 g/mol. The summed E-state index contributed by atoms with van der Waals surface area (Å²) in [5.41, 5.74) is 4.14. The van der Waals surface area contributed by atoms with Crippen LogP contribution in [0.4, 0.5) is 14.1 Å². The van der Waals surface area contributed by atoms with E-state index in [4.69, 9.17) is 0 Å². The molecule has 0 radical (unpaired) electrons. The molecule has 23 heavy (non-hydrogen) atoms. The first-order chi connectivity index (χ1) is 9.82. The molecular formula is C19H21F3Si. The van der Waals surface area contributed by atoms with Crippen molar-refractivity contribution in [3.63, 3.8) is 0 Å². The van der Waals surface area contributed by atoms with Crippen LogP contribution in [0.2, 0.25) is 0 Å². The summed E-state index contributed by atoms with van der Waals surface area (Å²) < 4.78 is 0. The van der Waals surface area contributed by atoms with Crippen LogP contribution in [-0.2, 0) is 5.04 Å². The van der Waals surface area contributed by atoms with Crippen LogP contribution < -0.4 is 0 Å². The molecule has 0 saturated carbocycles. The normalized spacial score (nSPS) is 9.91. The van der Waals surface area contributed by atoms with Gasteiger partial charge in [-0.05, 0) is 16.7 Å². The predicted molar refractivity (Wildman–Crippen MR) is 96.7 cm³/mol. The van der Waals surface area contributed by atoms with Crippen LogP contribution in [0.15, 0.2) is 91.0 Å². The molecule has 3 aromatic carbocycles. The fourth-order valence-electron chi connectivity index (χ4n) is 2.81. The molecule has 0 bridgehead atoms. The van der Waals surface area contributed by atoms with Crippen molar-refractivity contribution in [2.75, 3.05) is 0 Å². The minimum absolute atomic E-state index is 0. The predicted octanol–water partition coefficient (Wildman–Crippen LogP) is 3.80. The van der Waals surface area contributed by atoms with E-state index in [0.717, 1.165) is 10.2 Å². The van der Waals surface area contributed by atoms with Gasteiger partial charge in [0.1, 0.15) is 0 Å². The highest BCUT2D eigenvalue weighted by Crippen LogP contribution is 2.35. The highest BCUT2D eigenvalue weighted by molar-refractivity contribution is 6.20. The first kappa shape index (κ1) is 20.7. The van der Waals surface area contributed by atoms with Crippen LogP contribution >= 0.6 is 0 Å². The van der Waals surface area contributed by atoms with E-state index in [0.29, 0.717) is 0 Å². The Bertz CT molecular complexity index is 576. The number of hydrogen-bond acceptors (Lipinski definition) is 0. The third kappa shape index (κ3) is 3.90. The van der Waals surface area contributed by atoms with E-state index in [-0.39, 0.29) is 19.2 Å². The van der Waals surface area contributed by atoms with Crippen molar-refractivity contribution in [2.24, 2.45) is 0 Å². The molecule has 0 heterocycles. The van der Waals surface area contributed by atoms with Crippen LogP contribution in [0.3, 0.4) is 0 Å². The average molecular weight is 334 g/mol. The first-order valence-corrected chi connectivity index (χ1v) is 7.98. The molecule has 122 valence electrons. The van der Waals surface area contributed by atoms with E-state index >= 15 is 0 Å². The quantitative estimate of drug-likeness (QED) is 0.505. The van der Waals surface area contributed by atoms with Crippen molar-refractivity contribution in [1.29, 1.82) is 0 Å². The second-order valence-corrected chi connectivity index (χ2v) is 6.72. The zero-order valence-electron chi connectivity index (χ0n) is 12.9. The fraction of sp³-hybridized carbons (Fsp3) is 0.0526. The molecule has 0 atom stereocenters. The third-order valence-electron chi connectivity index (χ3n) is 4.05. The Morgan fingerprint density at radius 3 is 0.870 bits per heavy atom. The van der Waals surface area contributed by atoms with Gasteiger partial charge >= 0.3 is 0 Å². The van der Waals surface area contributed by atoms with Crippen LogP contribution in [0.5, 0.6) is 0 Å². The van der Waals surface area contributed by atoms with Gasteiger partial charge in [-0.15, -0.1) is 0 Å². The summed E-state index contributed by atoms with van der Waals surface area (Å²) in [5, 5.41) is 0.0176. The highest BCUT2D eigenvalue weighted by atomic mass is 28.1. The van der Waals surface area contributed by atoms with Gasteiger partial charge in [0.05, 0.1) is 0 Å². The molecule has 0 aliphatic rings. The van der Waals surface area contributed by atoms with Gasteiger partial charge in [0.25, 0.3) is 0 Å². The van der Waals surface area contributed by atoms with Crippen LogP contribution in [-0.4, -0.2) is 10.2 Å². The lowest BCUT2D eigenvalue weighted by Crippen LogP contribution is -2.29. The third-order valence-corrected chi connectivity index (χ3v) is 5.79. The Kier molecular flexibility index (Phi) is 8.04. The number of benzene rings is 3. The summed E-state index contributed by atoms with van der Waals surface area (Å²) >= 11 is 0. The van der Waals surface area contributed by atoms with Gasteiger partial charge in [0, 0.05) is 15.3 Å². The SMILES string of the molecule is F.F.F.[SiH3]C(c1ccccc1)(c1ccccc1)c1ccccc1. The fourth-order valence-corrected chi connectivity index (χ4v) is 3.81. The van der Waals surface area contributed by atoms with Gasteiger partial charge in [-0.2, -0.15) is 0 Å². The average Bonchev–Trinajstić information content (AvgIpc) is 2.56. The maximum Gasteiger partial charge on any atom is 0.0282 e. The Morgan fingerprint density at radius 1 is 0.435 bits per heavy atom. The standard InChI is InChI=1S/C19H18Si.3FH/c20-19(16-10-4-1-5-11-16,17-12-6-2-7-13-17)18-14-8-3-9-15-18;;;/h1-15H,20H3;3*1H. The molecule has 0 aliphatic heterocycles. The van der Waals surface area contributed by atoms with Crippen LogP contribution in [0.25, 0.3) is 0 Å². The molecule has 0 saturated heterocycles. The van der Waals surface area contributed by atoms with Gasteiger partial charge in [-0.25, -0.2) is 0 Å². The van der Waals surface area contributed by atoms with E-state index in [9.17, 15) is 0 Å². The zero-order valence-corrected chi connectivity index (χ0v) is 14.9. The monoisotopic (exact) mass is 334 g/mol.